The Morgan fingerprint density at radius 2 is 0.933 bits per heavy atom. The second-order valence-corrected chi connectivity index (χ2v) is 14.9. The number of aromatic nitrogens is 4. The van der Waals surface area contributed by atoms with Crippen LogP contribution >= 0.6 is 0 Å². The number of hydrogen-bond donors (Lipinski definition) is 4. The van der Waals surface area contributed by atoms with Gasteiger partial charge in [-0.25, -0.2) is 34.3 Å². The number of hydrogen-bond acceptors (Lipinski definition) is 23. The van der Waals surface area contributed by atoms with Crippen molar-refractivity contribution in [3.05, 3.63) is 124 Å². The first kappa shape index (κ1) is 63.4. The summed E-state index contributed by atoms with van der Waals surface area (Å²) in [5.41, 5.74) is 7.33. The van der Waals surface area contributed by atoms with E-state index in [9.17, 15) is 63.9 Å². The predicted octanol–water partition coefficient (Wildman–Crippen LogP) is 4.45. The van der Waals surface area contributed by atoms with Crippen molar-refractivity contribution in [1.82, 2.24) is 30.6 Å². The maximum Gasteiger partial charge on any atom is 0.354 e. The fourth-order valence-corrected chi connectivity index (χ4v) is 5.82. The van der Waals surface area contributed by atoms with E-state index in [2.05, 4.69) is 30.6 Å². The minimum atomic E-state index is -1.19. The Balaban J connectivity index is 0.000000526. The second kappa shape index (κ2) is 32.4. The quantitative estimate of drug-likeness (QED) is 0.0411. The molecule has 4 aromatic rings. The highest BCUT2D eigenvalue weighted by molar-refractivity contribution is 5.97. The van der Waals surface area contributed by atoms with Gasteiger partial charge in [-0.3, -0.25) is 49.5 Å². The van der Waals surface area contributed by atoms with Crippen LogP contribution in [0.25, 0.3) is 0 Å². The summed E-state index contributed by atoms with van der Waals surface area (Å²) in [6.07, 6.45) is 4.31. The maximum atomic E-state index is 12.4. The second-order valence-electron chi connectivity index (χ2n) is 14.9. The average molecular weight is 1050 g/mol. The fourth-order valence-electron chi connectivity index (χ4n) is 5.82. The third kappa shape index (κ3) is 22.1. The van der Waals surface area contributed by atoms with Crippen LogP contribution < -0.4 is 16.4 Å². The van der Waals surface area contributed by atoms with Crippen molar-refractivity contribution in [3.8, 4) is 6.07 Å². The molecule has 2 amide bonds. The molecule has 0 aromatic carbocycles. The van der Waals surface area contributed by atoms with Crippen molar-refractivity contribution in [2.45, 2.75) is 93.2 Å². The number of carboxylic acids is 1. The van der Waals surface area contributed by atoms with Gasteiger partial charge in [0.1, 0.15) is 53.8 Å². The molecule has 0 saturated carbocycles. The summed E-state index contributed by atoms with van der Waals surface area (Å²) in [4.78, 5) is 126. The van der Waals surface area contributed by atoms with E-state index in [1.54, 1.807) is 47.6 Å². The first-order valence-electron chi connectivity index (χ1n) is 22.3. The van der Waals surface area contributed by atoms with Crippen LogP contribution in [-0.2, 0) is 38.1 Å². The third-order valence-electron chi connectivity index (χ3n) is 9.30. The zero-order valence-corrected chi connectivity index (χ0v) is 42.0. The lowest BCUT2D eigenvalue weighted by Crippen LogP contribution is -2.42. The van der Waals surface area contributed by atoms with Gasteiger partial charge in [-0.15, -0.1) is 0 Å². The maximum absolute atomic E-state index is 12.4. The number of nitriles is 1. The van der Waals surface area contributed by atoms with Crippen molar-refractivity contribution in [1.29, 1.82) is 5.26 Å². The molecule has 0 saturated heterocycles. The Kier molecular flexibility index (Phi) is 27.4. The van der Waals surface area contributed by atoms with Crippen molar-refractivity contribution in [2.24, 2.45) is 0 Å². The summed E-state index contributed by atoms with van der Waals surface area (Å²) in [5.74, 6) is -4.65. The predicted molar refractivity (Wildman–Crippen MR) is 259 cm³/mol. The highest BCUT2D eigenvalue weighted by Crippen LogP contribution is 2.17. The number of ether oxygens (including phenoxy) is 4. The molecule has 29 nitrogen and oxygen atoms in total. The SMILES string of the molecule is CCOC(=O)CC[C@H](NC(=O)c1ncc(N)cc1C)C(=O)OCC.CCOC(=O)CC[C@H](NC(=O)c1ncc([N+](=O)[O-])cc1C)C(=O)OCC.Cc1cc([N+](=O)[O-])cnc1C#N.Cc1cc([N+](=O)[O-])cnc1C(=O)O. The molecule has 0 aliphatic heterocycles. The molecule has 402 valence electrons. The Labute approximate surface area is 427 Å². The lowest BCUT2D eigenvalue weighted by Gasteiger charge is -2.17. The van der Waals surface area contributed by atoms with E-state index >= 15 is 0 Å². The van der Waals surface area contributed by atoms with Gasteiger partial charge in [-0.1, -0.05) is 0 Å². The van der Waals surface area contributed by atoms with Gasteiger partial charge < -0.3 is 40.4 Å². The van der Waals surface area contributed by atoms with Crippen LogP contribution in [0.5, 0.6) is 0 Å². The average Bonchev–Trinajstić information content (AvgIpc) is 3.34. The van der Waals surface area contributed by atoms with E-state index in [4.69, 9.17) is 35.0 Å². The number of aryl methyl sites for hydroxylation is 4. The number of aromatic carboxylic acids is 1. The standard InChI is InChI=1S/C16H21N3O7.C16H23N3O5.C7H5N3O2.C7H6N2O4/c1-4-25-13(20)7-6-12(16(22)26-5-2)18-15(21)14-10(3)8-11(9-17-14)19(23)24;1-4-23-13(20)7-6-12(16(22)24-5-2)19-15(21)14-10(3)8-11(17)9-18-14;1-5-2-6(10(11)12)4-9-7(5)3-8;1-4-2-5(9(12)13)3-8-6(4)7(10)11/h8-9,12H,4-7H2,1-3H3,(H,18,21);8-9,12H,4-7,17H2,1-3H3,(H,19,21);2,4H,1H3;2-3H,1H3,(H,10,11)/t2*12-;;/m00../s1. The smallest absolute Gasteiger partial charge is 0.354 e. The number of rotatable bonds is 20. The zero-order valence-electron chi connectivity index (χ0n) is 42.0. The molecule has 2 atom stereocenters. The molecule has 0 aliphatic rings. The number of nitrogens with two attached hydrogens (primary N) is 1. The molecule has 0 radical (unpaired) electrons. The van der Waals surface area contributed by atoms with Gasteiger partial charge in [0.15, 0.2) is 5.69 Å². The number of nitrogens with zero attached hydrogens (tertiary/aromatic N) is 8. The van der Waals surface area contributed by atoms with Crippen molar-refractivity contribution in [3.63, 3.8) is 0 Å². The fraction of sp³-hybridized carbons (Fsp3) is 0.391. The molecule has 4 rings (SSSR count). The van der Waals surface area contributed by atoms with Crippen LogP contribution in [0.4, 0.5) is 22.7 Å². The van der Waals surface area contributed by atoms with Crippen molar-refractivity contribution >= 4 is 64.4 Å². The van der Waals surface area contributed by atoms with Gasteiger partial charge in [0.2, 0.25) is 0 Å². The van der Waals surface area contributed by atoms with Crippen LogP contribution in [0.15, 0.2) is 49.1 Å². The highest BCUT2D eigenvalue weighted by Gasteiger charge is 2.27. The van der Waals surface area contributed by atoms with E-state index in [1.807, 2.05) is 6.07 Å². The van der Waals surface area contributed by atoms with Gasteiger partial charge in [0.25, 0.3) is 28.9 Å². The third-order valence-corrected chi connectivity index (χ3v) is 9.30. The van der Waals surface area contributed by atoms with Gasteiger partial charge in [0, 0.05) is 31.0 Å². The number of nitro groups is 3. The lowest BCUT2D eigenvalue weighted by atomic mass is 10.1. The number of anilines is 1. The van der Waals surface area contributed by atoms with E-state index in [0.717, 1.165) is 18.6 Å². The first-order valence-corrected chi connectivity index (χ1v) is 22.3. The van der Waals surface area contributed by atoms with E-state index < -0.39 is 68.5 Å². The number of carbonyl (C=O) groups is 7. The minimum absolute atomic E-state index is 0.00453. The number of carboxylic acid groups (broad SMARTS) is 1. The van der Waals surface area contributed by atoms with Crippen LogP contribution in [0.3, 0.4) is 0 Å². The van der Waals surface area contributed by atoms with Crippen molar-refractivity contribution in [2.75, 3.05) is 32.2 Å². The van der Waals surface area contributed by atoms with Crippen LogP contribution in [0.2, 0.25) is 0 Å². The first-order chi connectivity index (χ1) is 35.3. The van der Waals surface area contributed by atoms with E-state index in [0.29, 0.717) is 16.8 Å². The molecule has 0 fully saturated rings. The van der Waals surface area contributed by atoms with E-state index in [-0.39, 0.29) is 103 Å². The lowest BCUT2D eigenvalue weighted by molar-refractivity contribution is -0.385. The van der Waals surface area contributed by atoms with Crippen molar-refractivity contribution < 1.29 is 72.4 Å². The van der Waals surface area contributed by atoms with Gasteiger partial charge in [0.05, 0.1) is 53.1 Å². The van der Waals surface area contributed by atoms with Crippen LogP contribution in [0.1, 0.15) is 113 Å². The Hall–Kier alpha value is -9.62. The molecule has 0 spiro atoms. The molecule has 5 N–H and O–H groups in total. The van der Waals surface area contributed by atoms with Gasteiger partial charge in [-0.2, -0.15) is 5.26 Å². The zero-order chi connectivity index (χ0) is 56.9. The summed E-state index contributed by atoms with van der Waals surface area (Å²) >= 11 is 0. The van der Waals surface area contributed by atoms with Crippen LogP contribution in [-0.4, -0.2) is 120 Å². The normalized spacial score (nSPS) is 10.7. The topological polar surface area (TPSA) is 431 Å². The number of nitrogen functional groups attached to an aromatic ring is 1. The molecule has 4 heterocycles. The molecule has 0 unspecified atom stereocenters. The molecular weight excluding hydrogens is 995 g/mol. The molecule has 0 bridgehead atoms. The van der Waals surface area contributed by atoms with E-state index in [1.165, 1.54) is 38.2 Å². The molecule has 29 heteroatoms. The molecule has 4 aromatic heterocycles. The molecular formula is C46H55N11O18. The number of amides is 2. The number of esters is 4. The molecule has 0 aliphatic carbocycles. The summed E-state index contributed by atoms with van der Waals surface area (Å²) in [7, 11) is 0. The molecule has 75 heavy (non-hydrogen) atoms. The Bertz CT molecular complexity index is 2770. The Morgan fingerprint density at radius 1 is 0.587 bits per heavy atom. The minimum Gasteiger partial charge on any atom is -0.477 e. The van der Waals surface area contributed by atoms with Gasteiger partial charge in [-0.05, 0) is 96.6 Å². The highest BCUT2D eigenvalue weighted by atomic mass is 16.6. The summed E-state index contributed by atoms with van der Waals surface area (Å²) in [5, 5.41) is 53.3. The van der Waals surface area contributed by atoms with Crippen LogP contribution in [0, 0.1) is 69.4 Å². The summed E-state index contributed by atoms with van der Waals surface area (Å²) in [6.45, 7) is 13.6. The monoisotopic (exact) mass is 1050 g/mol. The Morgan fingerprint density at radius 3 is 1.25 bits per heavy atom. The largest absolute Gasteiger partial charge is 0.477 e. The summed E-state index contributed by atoms with van der Waals surface area (Å²) in [6, 6.07) is 5.12. The van der Waals surface area contributed by atoms with Gasteiger partial charge >= 0.3 is 29.8 Å². The number of carbonyl (C=O) groups excluding carboxylic acids is 6. The number of nitrogens with one attached hydrogen (secondary N) is 2. The number of pyridine rings is 4. The summed E-state index contributed by atoms with van der Waals surface area (Å²) < 4.78 is 19.5.